The van der Waals surface area contributed by atoms with E-state index in [1.807, 2.05) is 0 Å². The topological polar surface area (TPSA) is 110 Å². The first kappa shape index (κ1) is 20.1. The average molecular weight is 381 g/mol. The second-order valence-corrected chi connectivity index (χ2v) is 8.12. The minimum atomic E-state index is -3.78. The van der Waals surface area contributed by atoms with Crippen molar-refractivity contribution in [1.82, 2.24) is 9.21 Å². The van der Waals surface area contributed by atoms with Crippen LogP contribution in [0.3, 0.4) is 0 Å². The van der Waals surface area contributed by atoms with Gasteiger partial charge in [-0.1, -0.05) is 12.1 Å². The zero-order valence-corrected chi connectivity index (χ0v) is 15.6. The molecule has 0 amide bonds. The Morgan fingerprint density at radius 1 is 1.42 bits per heavy atom. The van der Waals surface area contributed by atoms with Crippen molar-refractivity contribution < 1.29 is 22.7 Å². The van der Waals surface area contributed by atoms with Gasteiger partial charge in [0.2, 0.25) is 10.0 Å². The molecule has 1 saturated heterocycles. The third-order valence-electron chi connectivity index (χ3n) is 4.15. The van der Waals surface area contributed by atoms with Crippen LogP contribution < -0.4 is 5.73 Å². The molecule has 1 aliphatic heterocycles. The highest BCUT2D eigenvalue weighted by atomic mass is 32.2. The average Bonchev–Trinajstić information content (AvgIpc) is 3.06. The lowest BCUT2D eigenvalue weighted by Gasteiger charge is -2.21. The number of hydrogen-bond acceptors (Lipinski definition) is 7. The second kappa shape index (κ2) is 8.43. The molecule has 0 bridgehead atoms. The van der Waals surface area contributed by atoms with Gasteiger partial charge in [0, 0.05) is 43.5 Å². The number of aldehydes is 1. The van der Waals surface area contributed by atoms with Gasteiger partial charge >= 0.3 is 0 Å². The monoisotopic (exact) mass is 381 g/mol. The van der Waals surface area contributed by atoms with E-state index in [1.54, 1.807) is 37.2 Å². The summed E-state index contributed by atoms with van der Waals surface area (Å²) in [5.41, 5.74) is 7.01. The van der Waals surface area contributed by atoms with Crippen molar-refractivity contribution in [1.29, 1.82) is 0 Å². The van der Waals surface area contributed by atoms with Gasteiger partial charge in [0.05, 0.1) is 4.90 Å². The van der Waals surface area contributed by atoms with Crippen LogP contribution >= 0.6 is 0 Å². The van der Waals surface area contributed by atoms with E-state index in [-0.39, 0.29) is 29.8 Å². The maximum Gasteiger partial charge on any atom is 0.294 e. The van der Waals surface area contributed by atoms with Crippen LogP contribution in [0.1, 0.15) is 29.3 Å². The van der Waals surface area contributed by atoms with Gasteiger partial charge in [0.15, 0.2) is 13.0 Å². The molecule has 1 atom stereocenters. The number of hydrogen-bond donors (Lipinski definition) is 1. The molecule has 26 heavy (non-hydrogen) atoms. The van der Waals surface area contributed by atoms with E-state index >= 15 is 0 Å². The van der Waals surface area contributed by atoms with Crippen molar-refractivity contribution in [3.8, 4) is 0 Å². The molecule has 1 unspecified atom stereocenters. The van der Waals surface area contributed by atoms with Crippen molar-refractivity contribution in [2.45, 2.75) is 24.3 Å². The maximum absolute atomic E-state index is 13.1. The molecule has 1 aliphatic rings. The summed E-state index contributed by atoms with van der Waals surface area (Å²) in [5, 5.41) is 0. The smallest absolute Gasteiger partial charge is 0.294 e. The molecule has 1 fully saturated rings. The molecule has 8 nitrogen and oxygen atoms in total. The molecule has 2 N–H and O–H groups in total. The third-order valence-corrected chi connectivity index (χ3v) is 6.05. The minimum Gasteiger partial charge on any atom is -0.446 e. The lowest BCUT2D eigenvalue weighted by Crippen LogP contribution is -2.32. The van der Waals surface area contributed by atoms with Crippen LogP contribution in [0.5, 0.6) is 0 Å². The summed E-state index contributed by atoms with van der Waals surface area (Å²) in [6, 6.07) is 4.41. The van der Waals surface area contributed by atoms with Crippen LogP contribution in [0, 0.1) is 0 Å². The summed E-state index contributed by atoms with van der Waals surface area (Å²) >= 11 is 0. The van der Waals surface area contributed by atoms with E-state index in [9.17, 15) is 18.0 Å². The van der Waals surface area contributed by atoms with E-state index in [0.717, 1.165) is 0 Å². The molecule has 9 heteroatoms. The summed E-state index contributed by atoms with van der Waals surface area (Å²) < 4.78 is 32.2. The highest BCUT2D eigenvalue weighted by molar-refractivity contribution is 7.89. The van der Waals surface area contributed by atoms with E-state index in [2.05, 4.69) is 4.74 Å². The van der Waals surface area contributed by atoms with Crippen molar-refractivity contribution in [2.24, 2.45) is 5.73 Å². The van der Waals surface area contributed by atoms with Crippen LogP contribution in [0.15, 0.2) is 29.3 Å². The lowest BCUT2D eigenvalue weighted by molar-refractivity contribution is -0.131. The zero-order chi connectivity index (χ0) is 19.3. The van der Waals surface area contributed by atoms with Crippen LogP contribution in [0.4, 0.5) is 0 Å². The second-order valence-electron chi connectivity index (χ2n) is 6.21. The first-order valence-electron chi connectivity index (χ1n) is 8.09. The van der Waals surface area contributed by atoms with E-state index in [0.29, 0.717) is 36.9 Å². The molecule has 0 spiro atoms. The molecule has 142 valence electrons. The number of ether oxygens (including phenoxy) is 1. The van der Waals surface area contributed by atoms with E-state index < -0.39 is 10.0 Å². The Hall–Kier alpha value is -2.23. The fourth-order valence-corrected chi connectivity index (χ4v) is 4.77. The van der Waals surface area contributed by atoms with Gasteiger partial charge in [-0.3, -0.25) is 9.59 Å². The number of carbonyl (C=O) groups excluding carboxylic acids is 2. The Labute approximate surface area is 153 Å². The normalized spacial score (nSPS) is 18.6. The van der Waals surface area contributed by atoms with Gasteiger partial charge in [0.1, 0.15) is 0 Å². The van der Waals surface area contributed by atoms with E-state index in [4.69, 9.17) is 5.73 Å². The molecular formula is C17H23N3O5S. The van der Waals surface area contributed by atoms with Crippen LogP contribution in [0.25, 0.3) is 5.57 Å². The fraction of sp³-hybridized carbons (Fsp3) is 0.412. The number of benzene rings is 1. The fourth-order valence-electron chi connectivity index (χ4n) is 2.98. The standard InChI is InChI=1S/C17H23N3O5S/c1-13(8-19(2)11-25-12-22)17-14(10-21)4-3-5-16(17)26(23,24)20-7-6-15(18)9-20/h3-5,8,10,12,15H,6-7,9,11,18H2,1-2H3/b13-8-. The predicted molar refractivity (Wildman–Crippen MR) is 96.6 cm³/mol. The highest BCUT2D eigenvalue weighted by Crippen LogP contribution is 2.30. The summed E-state index contributed by atoms with van der Waals surface area (Å²) in [4.78, 5) is 23.5. The van der Waals surface area contributed by atoms with Crippen molar-refractivity contribution in [3.63, 3.8) is 0 Å². The summed E-state index contributed by atoms with van der Waals surface area (Å²) in [6.07, 6.45) is 2.85. The zero-order valence-electron chi connectivity index (χ0n) is 14.8. The number of nitrogens with zero attached hydrogens (tertiary/aromatic N) is 2. The van der Waals surface area contributed by atoms with Gasteiger partial charge in [0.25, 0.3) is 6.47 Å². The molecular weight excluding hydrogens is 358 g/mol. The minimum absolute atomic E-state index is 0.00710. The van der Waals surface area contributed by atoms with Crippen molar-refractivity contribution >= 4 is 28.4 Å². The van der Waals surface area contributed by atoms with Crippen LogP contribution in [-0.4, -0.2) is 63.3 Å². The number of nitrogens with two attached hydrogens (primary N) is 1. The molecule has 0 aromatic heterocycles. The maximum atomic E-state index is 13.1. The first-order chi connectivity index (χ1) is 12.3. The largest absolute Gasteiger partial charge is 0.446 e. The van der Waals surface area contributed by atoms with Crippen LogP contribution in [-0.2, 0) is 19.6 Å². The number of allylic oxidation sites excluding steroid dienone is 1. The Kier molecular flexibility index (Phi) is 6.52. The molecule has 0 saturated carbocycles. The summed E-state index contributed by atoms with van der Waals surface area (Å²) in [7, 11) is -2.11. The van der Waals surface area contributed by atoms with Crippen LogP contribution in [0.2, 0.25) is 0 Å². The SMILES string of the molecule is C/C(=C/N(C)COC=O)c1c(C=O)cccc1S(=O)(=O)N1CCC(N)C1. The third kappa shape index (κ3) is 4.29. The quantitative estimate of drug-likeness (QED) is 0.520. The van der Waals surface area contributed by atoms with Gasteiger partial charge in [-0.15, -0.1) is 0 Å². The van der Waals surface area contributed by atoms with Gasteiger partial charge < -0.3 is 15.4 Å². The Balaban J connectivity index is 2.50. The van der Waals surface area contributed by atoms with E-state index in [1.165, 1.54) is 10.4 Å². The predicted octanol–water partition coefficient (Wildman–Crippen LogP) is 0.644. The van der Waals surface area contributed by atoms with Gasteiger partial charge in [-0.2, -0.15) is 4.31 Å². The van der Waals surface area contributed by atoms with Gasteiger partial charge in [-0.05, 0) is 25.0 Å². The summed E-state index contributed by atoms with van der Waals surface area (Å²) in [5.74, 6) is 0. The lowest BCUT2D eigenvalue weighted by atomic mass is 10.0. The number of rotatable bonds is 8. The Bertz CT molecular complexity index is 807. The van der Waals surface area contributed by atoms with Gasteiger partial charge in [-0.25, -0.2) is 8.42 Å². The molecule has 1 aromatic rings. The summed E-state index contributed by atoms with van der Waals surface area (Å²) in [6.45, 7) is 2.64. The highest BCUT2D eigenvalue weighted by Gasteiger charge is 2.33. The molecule has 1 heterocycles. The molecule has 1 aromatic carbocycles. The van der Waals surface area contributed by atoms with Crippen molar-refractivity contribution in [2.75, 3.05) is 26.9 Å². The first-order valence-corrected chi connectivity index (χ1v) is 9.53. The van der Waals surface area contributed by atoms with Crippen molar-refractivity contribution in [3.05, 3.63) is 35.5 Å². The molecule has 0 radical (unpaired) electrons. The number of carbonyl (C=O) groups is 2. The Morgan fingerprint density at radius 2 is 2.15 bits per heavy atom. The number of sulfonamides is 1. The Morgan fingerprint density at radius 3 is 2.73 bits per heavy atom. The molecule has 2 rings (SSSR count). The molecule has 0 aliphatic carbocycles.